The lowest BCUT2D eigenvalue weighted by molar-refractivity contribution is -0.0660. The molecule has 254 valence electrons. The first kappa shape index (κ1) is 33.2. The van der Waals surface area contributed by atoms with Gasteiger partial charge < -0.3 is 34.1 Å². The van der Waals surface area contributed by atoms with Gasteiger partial charge in [0.15, 0.2) is 12.0 Å². The van der Waals surface area contributed by atoms with E-state index in [1.54, 1.807) is 46.1 Å². The zero-order valence-electron chi connectivity index (χ0n) is 27.7. The van der Waals surface area contributed by atoms with Crippen molar-refractivity contribution in [1.29, 1.82) is 5.26 Å². The molecule has 14 heteroatoms. The van der Waals surface area contributed by atoms with E-state index in [2.05, 4.69) is 36.1 Å². The van der Waals surface area contributed by atoms with Gasteiger partial charge in [-0.2, -0.15) is 10.2 Å². The van der Waals surface area contributed by atoms with Crippen LogP contribution in [0.2, 0.25) is 0 Å². The van der Waals surface area contributed by atoms with E-state index in [0.29, 0.717) is 23.4 Å². The summed E-state index contributed by atoms with van der Waals surface area (Å²) in [5.74, 6) is 1.66. The molecule has 13 nitrogen and oxygen atoms in total. The van der Waals surface area contributed by atoms with Crippen LogP contribution in [0.5, 0.6) is 11.5 Å². The second kappa shape index (κ2) is 14.2. The first-order valence-corrected chi connectivity index (χ1v) is 16.1. The number of benzene rings is 2. The topological polar surface area (TPSA) is 138 Å². The average Bonchev–Trinajstić information content (AvgIpc) is 3.04. The third-order valence-electron chi connectivity index (χ3n) is 8.57. The molecule has 1 aromatic heterocycles. The monoisotopic (exact) mass is 660 g/mol. The Morgan fingerprint density at radius 2 is 1.85 bits per heavy atom. The van der Waals surface area contributed by atoms with Gasteiger partial charge in [0.05, 0.1) is 44.2 Å². The second-order valence-electron chi connectivity index (χ2n) is 13.1. The molecule has 0 radical (unpaired) electrons. The predicted octanol–water partition coefficient (Wildman–Crippen LogP) is 4.41. The summed E-state index contributed by atoms with van der Waals surface area (Å²) in [6.45, 7) is 10.9. The lowest BCUT2D eigenvalue weighted by Crippen LogP contribution is -2.56. The third kappa shape index (κ3) is 7.69. The highest BCUT2D eigenvalue weighted by Crippen LogP contribution is 2.34. The van der Waals surface area contributed by atoms with Crippen LogP contribution in [-0.2, 0) is 9.47 Å². The minimum absolute atomic E-state index is 0.150. The summed E-state index contributed by atoms with van der Waals surface area (Å²) in [4.78, 5) is 31.7. The standard InChI is InChI=1S/C34H41FN8O5/c1-34(2,3)48-33(44)43-10-9-29(26(35)18-43)47-28-8-5-22(15-23(28)17-36)31-37-21-38-32(40-31)39-24-6-7-27(30(16-24)45-4)42-13-11-41(12-14-42)25-19-46-20-25/h5-8,15-16,21,25-26,29H,9-14,18-20H2,1-4H3,(H,37,38,39,40)/t26-,29+/m1/s1. The Balaban J connectivity index is 1.09. The summed E-state index contributed by atoms with van der Waals surface area (Å²) in [5.41, 5.74) is 1.89. The highest BCUT2D eigenvalue weighted by molar-refractivity contribution is 5.69. The van der Waals surface area contributed by atoms with Crippen molar-refractivity contribution >= 4 is 23.4 Å². The molecule has 3 aliphatic rings. The second-order valence-corrected chi connectivity index (χ2v) is 13.1. The number of hydrogen-bond donors (Lipinski definition) is 1. The van der Waals surface area contributed by atoms with E-state index >= 15 is 4.39 Å². The van der Waals surface area contributed by atoms with Crippen molar-refractivity contribution in [2.24, 2.45) is 0 Å². The summed E-state index contributed by atoms with van der Waals surface area (Å²) in [6, 6.07) is 13.5. The van der Waals surface area contributed by atoms with E-state index in [1.165, 1.54) is 11.2 Å². The molecule has 0 unspecified atom stereocenters. The number of nitriles is 1. The molecule has 0 aliphatic carbocycles. The minimum Gasteiger partial charge on any atom is -0.495 e. The van der Waals surface area contributed by atoms with Crippen LogP contribution in [0, 0.1) is 11.3 Å². The van der Waals surface area contributed by atoms with Crippen LogP contribution in [0.3, 0.4) is 0 Å². The number of amides is 1. The van der Waals surface area contributed by atoms with E-state index < -0.39 is 24.0 Å². The molecule has 0 bridgehead atoms. The number of halogens is 1. The van der Waals surface area contributed by atoms with Crippen LogP contribution in [0.4, 0.5) is 26.5 Å². The molecule has 3 aromatic rings. The Hall–Kier alpha value is -4.74. The maximum atomic E-state index is 15.1. The number of anilines is 3. The van der Waals surface area contributed by atoms with Crippen LogP contribution >= 0.6 is 0 Å². The first-order valence-electron chi connectivity index (χ1n) is 16.1. The lowest BCUT2D eigenvalue weighted by Gasteiger charge is -2.43. The molecule has 0 saturated carbocycles. The van der Waals surface area contributed by atoms with Crippen LogP contribution in [0.1, 0.15) is 32.8 Å². The molecule has 3 saturated heterocycles. The fraction of sp³-hybridized carbons (Fsp3) is 0.500. The van der Waals surface area contributed by atoms with Gasteiger partial charge in [0, 0.05) is 56.5 Å². The maximum absolute atomic E-state index is 15.1. The van der Waals surface area contributed by atoms with Gasteiger partial charge in [0.25, 0.3) is 0 Å². The smallest absolute Gasteiger partial charge is 0.410 e. The Kier molecular flexibility index (Phi) is 9.79. The Morgan fingerprint density at radius 3 is 2.52 bits per heavy atom. The van der Waals surface area contributed by atoms with Crippen LogP contribution in [-0.4, -0.2) is 114 Å². The van der Waals surface area contributed by atoms with Crippen molar-refractivity contribution in [3.8, 4) is 29.0 Å². The van der Waals surface area contributed by atoms with Crippen molar-refractivity contribution in [3.63, 3.8) is 0 Å². The summed E-state index contributed by atoms with van der Waals surface area (Å²) in [7, 11) is 1.66. The molecule has 4 heterocycles. The number of piperazine rings is 1. The molecule has 2 aromatic carbocycles. The molecule has 2 atom stereocenters. The maximum Gasteiger partial charge on any atom is 0.410 e. The molecule has 3 fully saturated rings. The molecular weight excluding hydrogens is 619 g/mol. The first-order chi connectivity index (χ1) is 23.1. The number of piperidine rings is 1. The van der Waals surface area contributed by atoms with Crippen molar-refractivity contribution in [2.45, 2.75) is 51.1 Å². The van der Waals surface area contributed by atoms with Crippen LogP contribution in [0.15, 0.2) is 42.7 Å². The Bertz CT molecular complexity index is 1650. The van der Waals surface area contributed by atoms with E-state index in [9.17, 15) is 10.1 Å². The molecule has 1 N–H and O–H groups in total. The fourth-order valence-corrected chi connectivity index (χ4v) is 5.93. The number of alkyl halides is 1. The van der Waals surface area contributed by atoms with E-state index in [0.717, 1.165) is 56.5 Å². The van der Waals surface area contributed by atoms with Crippen molar-refractivity contribution in [3.05, 3.63) is 48.3 Å². The Labute approximate surface area is 279 Å². The quantitative estimate of drug-likeness (QED) is 0.366. The van der Waals surface area contributed by atoms with E-state index in [1.807, 2.05) is 18.2 Å². The largest absolute Gasteiger partial charge is 0.495 e. The van der Waals surface area contributed by atoms with Gasteiger partial charge in [0.2, 0.25) is 5.95 Å². The average molecular weight is 661 g/mol. The number of ether oxygens (including phenoxy) is 4. The third-order valence-corrected chi connectivity index (χ3v) is 8.57. The lowest BCUT2D eigenvalue weighted by atomic mass is 10.1. The number of likely N-dealkylation sites (tertiary alicyclic amines) is 1. The number of aromatic nitrogens is 3. The normalized spacial score (nSPS) is 20.4. The number of hydrogen-bond acceptors (Lipinski definition) is 12. The number of rotatable bonds is 8. The minimum atomic E-state index is -1.44. The van der Waals surface area contributed by atoms with Crippen molar-refractivity contribution in [2.75, 3.05) is 69.8 Å². The zero-order chi connectivity index (χ0) is 33.8. The van der Waals surface area contributed by atoms with Gasteiger partial charge in [-0.25, -0.2) is 19.2 Å². The van der Waals surface area contributed by atoms with Crippen LogP contribution in [0.25, 0.3) is 11.4 Å². The van der Waals surface area contributed by atoms with Gasteiger partial charge in [-0.1, -0.05) is 0 Å². The summed E-state index contributed by atoms with van der Waals surface area (Å²) in [6.07, 6.45) is -1.16. The Morgan fingerprint density at radius 1 is 1.06 bits per heavy atom. The highest BCUT2D eigenvalue weighted by atomic mass is 19.1. The summed E-state index contributed by atoms with van der Waals surface area (Å²) < 4.78 is 37.5. The van der Waals surface area contributed by atoms with Gasteiger partial charge in [-0.05, 0) is 51.1 Å². The highest BCUT2D eigenvalue weighted by Gasteiger charge is 2.35. The van der Waals surface area contributed by atoms with Crippen LogP contribution < -0.4 is 19.7 Å². The number of methoxy groups -OCH3 is 1. The molecule has 48 heavy (non-hydrogen) atoms. The number of nitrogens with zero attached hydrogens (tertiary/aromatic N) is 7. The van der Waals surface area contributed by atoms with Crippen molar-refractivity contribution in [1.82, 2.24) is 24.8 Å². The molecule has 6 rings (SSSR count). The SMILES string of the molecule is COc1cc(Nc2ncnc(-c3ccc(O[C@H]4CCN(C(=O)OC(C)(C)C)C[C@H]4F)c(C#N)c3)n2)ccc1N1CCN(C2COC2)CC1. The number of carbonyl (C=O) groups excluding carboxylic acids is 1. The van der Waals surface area contributed by atoms with Crippen molar-refractivity contribution < 1.29 is 28.1 Å². The van der Waals surface area contributed by atoms with Gasteiger partial charge in [-0.3, -0.25) is 4.90 Å². The molecule has 3 aliphatic heterocycles. The zero-order valence-corrected chi connectivity index (χ0v) is 27.7. The number of nitrogens with one attached hydrogen (secondary N) is 1. The van der Waals surface area contributed by atoms with Gasteiger partial charge in [-0.15, -0.1) is 0 Å². The van der Waals surface area contributed by atoms with Gasteiger partial charge in [0.1, 0.15) is 35.6 Å². The summed E-state index contributed by atoms with van der Waals surface area (Å²) in [5, 5.41) is 13.1. The molecular formula is C34H41FN8O5. The van der Waals surface area contributed by atoms with Gasteiger partial charge >= 0.3 is 6.09 Å². The molecule has 0 spiro atoms. The van der Waals surface area contributed by atoms with E-state index in [-0.39, 0.29) is 30.8 Å². The fourth-order valence-electron chi connectivity index (χ4n) is 5.93. The van der Waals surface area contributed by atoms with E-state index in [4.69, 9.17) is 18.9 Å². The predicted molar refractivity (Wildman–Crippen MR) is 176 cm³/mol. The molecule has 1 amide bonds. The number of carbonyl (C=O) groups is 1. The summed E-state index contributed by atoms with van der Waals surface area (Å²) >= 11 is 0.